The first-order chi connectivity index (χ1) is 9.34. The Bertz CT molecular complexity index is 318. The molecule has 19 heavy (non-hydrogen) atoms. The van der Waals surface area contributed by atoms with Gasteiger partial charge in [0.1, 0.15) is 0 Å². The smallest absolute Gasteiger partial charge is 0.237 e. The van der Waals surface area contributed by atoms with E-state index in [1.54, 1.807) is 0 Å². The maximum atomic E-state index is 12.2. The fraction of sp³-hybridized carbons (Fsp3) is 0.929. The highest BCUT2D eigenvalue weighted by Crippen LogP contribution is 2.37. The third-order valence-corrected chi connectivity index (χ3v) is 4.86. The molecule has 0 aromatic rings. The van der Waals surface area contributed by atoms with Gasteiger partial charge in [0.15, 0.2) is 0 Å². The van der Waals surface area contributed by atoms with Crippen molar-refractivity contribution in [2.24, 2.45) is 11.8 Å². The summed E-state index contributed by atoms with van der Waals surface area (Å²) >= 11 is 0. The SMILES string of the molecule is O=C(NCCN1CCOCC1)C1NCC2CCCC21. The van der Waals surface area contributed by atoms with E-state index in [4.69, 9.17) is 4.74 Å². The van der Waals surface area contributed by atoms with E-state index in [9.17, 15) is 4.79 Å². The van der Waals surface area contributed by atoms with Crippen LogP contribution in [-0.4, -0.2) is 62.8 Å². The van der Waals surface area contributed by atoms with Gasteiger partial charge in [-0.3, -0.25) is 9.69 Å². The van der Waals surface area contributed by atoms with E-state index in [-0.39, 0.29) is 11.9 Å². The first kappa shape index (κ1) is 13.3. The van der Waals surface area contributed by atoms with Gasteiger partial charge in [-0.05, 0) is 31.2 Å². The minimum Gasteiger partial charge on any atom is -0.379 e. The van der Waals surface area contributed by atoms with Crippen LogP contribution < -0.4 is 10.6 Å². The van der Waals surface area contributed by atoms with Crippen LogP contribution in [0.2, 0.25) is 0 Å². The van der Waals surface area contributed by atoms with Crippen LogP contribution in [0.4, 0.5) is 0 Å². The first-order valence-electron chi connectivity index (χ1n) is 7.66. The molecule has 108 valence electrons. The molecule has 1 saturated carbocycles. The van der Waals surface area contributed by atoms with Crippen LogP contribution in [0.5, 0.6) is 0 Å². The zero-order chi connectivity index (χ0) is 13.1. The molecule has 3 unspecified atom stereocenters. The highest BCUT2D eigenvalue weighted by Gasteiger charge is 2.42. The largest absolute Gasteiger partial charge is 0.379 e. The van der Waals surface area contributed by atoms with E-state index in [0.29, 0.717) is 5.92 Å². The molecule has 3 fully saturated rings. The van der Waals surface area contributed by atoms with Crippen molar-refractivity contribution in [2.45, 2.75) is 25.3 Å². The van der Waals surface area contributed by atoms with Gasteiger partial charge in [-0.2, -0.15) is 0 Å². The maximum Gasteiger partial charge on any atom is 0.237 e. The fourth-order valence-corrected chi connectivity index (χ4v) is 3.75. The summed E-state index contributed by atoms with van der Waals surface area (Å²) in [5.74, 6) is 1.54. The van der Waals surface area contributed by atoms with Gasteiger partial charge in [0.2, 0.25) is 5.91 Å². The fourth-order valence-electron chi connectivity index (χ4n) is 3.75. The normalized spacial score (nSPS) is 35.3. The molecule has 1 amide bonds. The van der Waals surface area contributed by atoms with Gasteiger partial charge in [-0.15, -0.1) is 0 Å². The zero-order valence-corrected chi connectivity index (χ0v) is 11.6. The molecule has 0 aromatic carbocycles. The van der Waals surface area contributed by atoms with Gasteiger partial charge in [-0.25, -0.2) is 0 Å². The highest BCUT2D eigenvalue weighted by atomic mass is 16.5. The number of ether oxygens (including phenoxy) is 1. The molecular formula is C14H25N3O2. The highest BCUT2D eigenvalue weighted by molar-refractivity contribution is 5.82. The third kappa shape index (κ3) is 3.09. The Morgan fingerprint density at radius 2 is 2.16 bits per heavy atom. The second-order valence-corrected chi connectivity index (χ2v) is 5.99. The summed E-state index contributed by atoms with van der Waals surface area (Å²) in [7, 11) is 0. The lowest BCUT2D eigenvalue weighted by Gasteiger charge is -2.27. The lowest BCUT2D eigenvalue weighted by molar-refractivity contribution is -0.123. The summed E-state index contributed by atoms with van der Waals surface area (Å²) in [5.41, 5.74) is 0. The Labute approximate surface area is 115 Å². The van der Waals surface area contributed by atoms with Crippen molar-refractivity contribution in [1.82, 2.24) is 15.5 Å². The molecule has 2 saturated heterocycles. The van der Waals surface area contributed by atoms with Crippen molar-refractivity contribution in [2.75, 3.05) is 45.9 Å². The van der Waals surface area contributed by atoms with E-state index in [2.05, 4.69) is 15.5 Å². The molecule has 0 bridgehead atoms. The second kappa shape index (κ2) is 6.20. The van der Waals surface area contributed by atoms with E-state index in [0.717, 1.165) is 51.9 Å². The number of fused-ring (bicyclic) bond motifs is 1. The van der Waals surface area contributed by atoms with Crippen LogP contribution >= 0.6 is 0 Å². The van der Waals surface area contributed by atoms with Gasteiger partial charge in [0, 0.05) is 26.2 Å². The van der Waals surface area contributed by atoms with Gasteiger partial charge in [0.05, 0.1) is 19.3 Å². The number of carbonyl (C=O) groups is 1. The molecule has 0 radical (unpaired) electrons. The summed E-state index contributed by atoms with van der Waals surface area (Å²) in [6.45, 7) is 6.35. The van der Waals surface area contributed by atoms with Crippen LogP contribution in [0.1, 0.15) is 19.3 Å². The second-order valence-electron chi connectivity index (χ2n) is 5.99. The minimum atomic E-state index is 0.0668. The van der Waals surface area contributed by atoms with Crippen molar-refractivity contribution < 1.29 is 9.53 Å². The molecule has 2 N–H and O–H groups in total. The minimum absolute atomic E-state index is 0.0668. The average Bonchev–Trinajstić information content (AvgIpc) is 3.02. The molecule has 5 nitrogen and oxygen atoms in total. The molecule has 1 aliphatic carbocycles. The van der Waals surface area contributed by atoms with E-state index in [1.807, 2.05) is 0 Å². The summed E-state index contributed by atoms with van der Waals surface area (Å²) in [4.78, 5) is 14.6. The van der Waals surface area contributed by atoms with Crippen molar-refractivity contribution in [3.63, 3.8) is 0 Å². The predicted octanol–water partition coefficient (Wildman–Crippen LogP) is -0.177. The van der Waals surface area contributed by atoms with Crippen molar-refractivity contribution in [1.29, 1.82) is 0 Å². The van der Waals surface area contributed by atoms with Crippen LogP contribution in [-0.2, 0) is 9.53 Å². The monoisotopic (exact) mass is 267 g/mol. The van der Waals surface area contributed by atoms with Crippen LogP contribution in [0.25, 0.3) is 0 Å². The number of nitrogens with one attached hydrogen (secondary N) is 2. The van der Waals surface area contributed by atoms with Crippen LogP contribution in [0.15, 0.2) is 0 Å². The Balaban J connectivity index is 1.39. The van der Waals surface area contributed by atoms with Gasteiger partial charge < -0.3 is 15.4 Å². The maximum absolute atomic E-state index is 12.2. The lowest BCUT2D eigenvalue weighted by Crippen LogP contribution is -2.47. The number of nitrogens with zero attached hydrogens (tertiary/aromatic N) is 1. The molecule has 5 heteroatoms. The van der Waals surface area contributed by atoms with Gasteiger partial charge in [-0.1, -0.05) is 6.42 Å². The lowest BCUT2D eigenvalue weighted by atomic mass is 9.94. The van der Waals surface area contributed by atoms with Crippen molar-refractivity contribution in [3.8, 4) is 0 Å². The summed E-state index contributed by atoms with van der Waals surface area (Å²) in [5, 5.41) is 6.50. The topological polar surface area (TPSA) is 53.6 Å². The van der Waals surface area contributed by atoms with E-state index >= 15 is 0 Å². The Morgan fingerprint density at radius 3 is 3.00 bits per heavy atom. The van der Waals surface area contributed by atoms with Crippen molar-refractivity contribution in [3.05, 3.63) is 0 Å². The molecule has 3 rings (SSSR count). The van der Waals surface area contributed by atoms with Crippen molar-refractivity contribution >= 4 is 5.91 Å². The summed E-state index contributed by atoms with van der Waals surface area (Å²) < 4.78 is 5.32. The van der Waals surface area contributed by atoms with E-state index < -0.39 is 0 Å². The molecule has 0 aromatic heterocycles. The Kier molecular flexibility index (Phi) is 4.35. The number of rotatable bonds is 4. The standard InChI is InChI=1S/C14H25N3O2/c18-14(13-12-3-1-2-11(12)10-16-13)15-4-5-17-6-8-19-9-7-17/h11-13,16H,1-10H2,(H,15,18). The molecule has 2 heterocycles. The Morgan fingerprint density at radius 1 is 1.32 bits per heavy atom. The zero-order valence-electron chi connectivity index (χ0n) is 11.6. The molecule has 2 aliphatic heterocycles. The molecule has 3 atom stereocenters. The summed E-state index contributed by atoms with van der Waals surface area (Å²) in [6.07, 6.45) is 3.82. The summed E-state index contributed by atoms with van der Waals surface area (Å²) in [6, 6.07) is 0.0668. The number of morpholine rings is 1. The number of hydrogen-bond donors (Lipinski definition) is 2. The van der Waals surface area contributed by atoms with Crippen LogP contribution in [0.3, 0.4) is 0 Å². The number of carbonyl (C=O) groups excluding carboxylic acids is 1. The predicted molar refractivity (Wildman–Crippen MR) is 72.9 cm³/mol. The van der Waals surface area contributed by atoms with Gasteiger partial charge in [0.25, 0.3) is 0 Å². The Hall–Kier alpha value is -0.650. The van der Waals surface area contributed by atoms with E-state index in [1.165, 1.54) is 19.3 Å². The molecule has 3 aliphatic rings. The molecular weight excluding hydrogens is 242 g/mol. The first-order valence-corrected chi connectivity index (χ1v) is 7.66. The third-order valence-electron chi connectivity index (χ3n) is 4.86. The quantitative estimate of drug-likeness (QED) is 0.742. The molecule has 0 spiro atoms. The average molecular weight is 267 g/mol. The number of hydrogen-bond acceptors (Lipinski definition) is 4. The van der Waals surface area contributed by atoms with Gasteiger partial charge >= 0.3 is 0 Å². The number of amides is 1. The van der Waals surface area contributed by atoms with Crippen LogP contribution in [0, 0.1) is 11.8 Å².